The van der Waals surface area contributed by atoms with Crippen molar-refractivity contribution in [2.75, 3.05) is 24.8 Å². The van der Waals surface area contributed by atoms with Gasteiger partial charge in [-0.25, -0.2) is 4.79 Å². The molecule has 1 fully saturated rings. The highest BCUT2D eigenvalue weighted by Crippen LogP contribution is 2.30. The van der Waals surface area contributed by atoms with Crippen LogP contribution in [-0.2, 0) is 27.2 Å². The molecular formula is C21H24N4O4S3. The SMILES string of the molecule is CCc1cc(-c2nnc(SCC(=O)Nc3sccc3C(=O)OC)n2CC2CCCO2)cs1. The molecule has 8 nitrogen and oxygen atoms in total. The van der Waals surface area contributed by atoms with E-state index in [2.05, 4.69) is 38.5 Å². The van der Waals surface area contributed by atoms with Gasteiger partial charge in [-0.2, -0.15) is 0 Å². The number of methoxy groups -OCH3 is 1. The van der Waals surface area contributed by atoms with Crippen LogP contribution in [0.3, 0.4) is 0 Å². The Bertz CT molecular complexity index is 1080. The van der Waals surface area contributed by atoms with Gasteiger partial charge < -0.3 is 14.8 Å². The smallest absolute Gasteiger partial charge is 0.340 e. The number of hydrogen-bond acceptors (Lipinski definition) is 9. The van der Waals surface area contributed by atoms with Gasteiger partial charge in [0.05, 0.1) is 31.1 Å². The summed E-state index contributed by atoms with van der Waals surface area (Å²) in [6.45, 7) is 3.56. The standard InChI is InChI=1S/C21H24N4O4S3/c1-3-15-9-13(11-31-15)18-23-24-21(25(18)10-14-5-4-7-29-14)32-12-17(26)22-19-16(6-8-30-19)20(27)28-2/h6,8-9,11,14H,3-5,7,10,12H2,1-2H3,(H,22,26). The van der Waals surface area contributed by atoms with Crippen LogP contribution in [0.4, 0.5) is 5.00 Å². The summed E-state index contributed by atoms with van der Waals surface area (Å²) in [4.78, 5) is 25.7. The van der Waals surface area contributed by atoms with Gasteiger partial charge in [-0.1, -0.05) is 18.7 Å². The van der Waals surface area contributed by atoms with Crippen molar-refractivity contribution >= 4 is 51.3 Å². The molecule has 1 aliphatic heterocycles. The zero-order valence-electron chi connectivity index (χ0n) is 17.8. The van der Waals surface area contributed by atoms with Crippen LogP contribution in [0.5, 0.6) is 0 Å². The summed E-state index contributed by atoms with van der Waals surface area (Å²) in [6.07, 6.45) is 3.15. The quantitative estimate of drug-likeness (QED) is 0.351. The number of aromatic nitrogens is 3. The number of thioether (sulfide) groups is 1. The van der Waals surface area contributed by atoms with E-state index < -0.39 is 5.97 Å². The van der Waals surface area contributed by atoms with Crippen LogP contribution in [-0.4, -0.2) is 52.2 Å². The molecule has 0 saturated carbocycles. The van der Waals surface area contributed by atoms with Crippen molar-refractivity contribution in [2.45, 2.75) is 44.0 Å². The van der Waals surface area contributed by atoms with E-state index in [4.69, 9.17) is 9.47 Å². The van der Waals surface area contributed by atoms with Crippen molar-refractivity contribution in [3.63, 3.8) is 0 Å². The first-order valence-electron chi connectivity index (χ1n) is 10.3. The van der Waals surface area contributed by atoms with Crippen molar-refractivity contribution in [1.82, 2.24) is 14.8 Å². The molecule has 170 valence electrons. The maximum absolute atomic E-state index is 12.6. The van der Waals surface area contributed by atoms with Crippen molar-refractivity contribution in [3.05, 3.63) is 33.3 Å². The number of nitrogens with one attached hydrogen (secondary N) is 1. The molecule has 4 rings (SSSR count). The minimum Gasteiger partial charge on any atom is -0.465 e. The Morgan fingerprint density at radius 3 is 2.97 bits per heavy atom. The first kappa shape index (κ1) is 23.0. The number of carbonyl (C=O) groups excluding carboxylic acids is 2. The van der Waals surface area contributed by atoms with Gasteiger partial charge in [-0.05, 0) is 36.8 Å². The molecule has 3 aromatic rings. The Labute approximate surface area is 198 Å². The molecule has 4 heterocycles. The van der Waals surface area contributed by atoms with E-state index in [0.29, 0.717) is 22.3 Å². The van der Waals surface area contributed by atoms with Crippen molar-refractivity contribution in [1.29, 1.82) is 0 Å². The van der Waals surface area contributed by atoms with E-state index in [1.807, 2.05) is 0 Å². The van der Waals surface area contributed by atoms with Crippen LogP contribution < -0.4 is 5.32 Å². The van der Waals surface area contributed by atoms with Crippen LogP contribution in [0, 0.1) is 0 Å². The predicted molar refractivity (Wildman–Crippen MR) is 127 cm³/mol. The van der Waals surface area contributed by atoms with E-state index in [1.165, 1.54) is 35.1 Å². The molecule has 32 heavy (non-hydrogen) atoms. The number of anilines is 1. The van der Waals surface area contributed by atoms with Crippen molar-refractivity contribution in [3.8, 4) is 11.4 Å². The summed E-state index contributed by atoms with van der Waals surface area (Å²) in [6, 6.07) is 3.78. The lowest BCUT2D eigenvalue weighted by molar-refractivity contribution is -0.113. The van der Waals surface area contributed by atoms with Crippen LogP contribution in [0.1, 0.15) is 35.0 Å². The third kappa shape index (κ3) is 5.22. The number of rotatable bonds is 9. The molecule has 1 saturated heterocycles. The number of aryl methyl sites for hydroxylation is 1. The lowest BCUT2D eigenvalue weighted by atomic mass is 10.2. The van der Waals surface area contributed by atoms with Crippen LogP contribution in [0.2, 0.25) is 0 Å². The average molecular weight is 493 g/mol. The van der Waals surface area contributed by atoms with Gasteiger partial charge in [0, 0.05) is 22.4 Å². The van der Waals surface area contributed by atoms with E-state index >= 15 is 0 Å². The van der Waals surface area contributed by atoms with Gasteiger partial charge in [0.2, 0.25) is 5.91 Å². The molecule has 0 spiro atoms. The van der Waals surface area contributed by atoms with Gasteiger partial charge >= 0.3 is 5.97 Å². The van der Waals surface area contributed by atoms with E-state index in [0.717, 1.165) is 37.3 Å². The lowest BCUT2D eigenvalue weighted by Crippen LogP contribution is -2.18. The third-order valence-corrected chi connectivity index (χ3v) is 7.92. The number of ether oxygens (including phenoxy) is 2. The predicted octanol–water partition coefficient (Wildman–Crippen LogP) is 4.33. The maximum Gasteiger partial charge on any atom is 0.340 e. The van der Waals surface area contributed by atoms with Gasteiger partial charge in [-0.15, -0.1) is 32.9 Å². The molecule has 0 aliphatic carbocycles. The van der Waals surface area contributed by atoms with E-state index in [9.17, 15) is 9.59 Å². The highest BCUT2D eigenvalue weighted by atomic mass is 32.2. The molecule has 1 unspecified atom stereocenters. The van der Waals surface area contributed by atoms with E-state index in [1.54, 1.807) is 22.8 Å². The Kier molecular flexibility index (Phi) is 7.61. The normalized spacial score (nSPS) is 15.8. The molecule has 1 aliphatic rings. The monoisotopic (exact) mass is 492 g/mol. The molecular weight excluding hydrogens is 468 g/mol. The third-order valence-electron chi connectivity index (χ3n) is 5.04. The van der Waals surface area contributed by atoms with E-state index in [-0.39, 0.29) is 17.8 Å². The Morgan fingerprint density at radius 2 is 2.25 bits per heavy atom. The zero-order valence-corrected chi connectivity index (χ0v) is 20.3. The average Bonchev–Trinajstić information content (AvgIpc) is 3.59. The summed E-state index contributed by atoms with van der Waals surface area (Å²) >= 11 is 4.32. The second kappa shape index (κ2) is 10.6. The molecule has 1 atom stereocenters. The molecule has 3 aromatic heterocycles. The summed E-state index contributed by atoms with van der Waals surface area (Å²) in [7, 11) is 1.32. The summed E-state index contributed by atoms with van der Waals surface area (Å²) in [5.41, 5.74) is 1.39. The number of esters is 1. The first-order chi connectivity index (χ1) is 15.6. The highest BCUT2D eigenvalue weighted by Gasteiger charge is 2.23. The molecule has 1 N–H and O–H groups in total. The van der Waals surface area contributed by atoms with Crippen LogP contribution >= 0.6 is 34.4 Å². The summed E-state index contributed by atoms with van der Waals surface area (Å²) < 4.78 is 12.7. The number of hydrogen-bond donors (Lipinski definition) is 1. The summed E-state index contributed by atoms with van der Waals surface area (Å²) in [5, 5.41) is 16.6. The fraction of sp³-hybridized carbons (Fsp3) is 0.429. The number of carbonyl (C=O) groups is 2. The molecule has 11 heteroatoms. The second-order valence-corrected chi connectivity index (χ2v) is 10.1. The lowest BCUT2D eigenvalue weighted by Gasteiger charge is -2.14. The fourth-order valence-electron chi connectivity index (χ4n) is 3.42. The Hall–Kier alpha value is -2.21. The molecule has 1 amide bonds. The minimum absolute atomic E-state index is 0.121. The van der Waals surface area contributed by atoms with Crippen molar-refractivity contribution < 1.29 is 19.1 Å². The molecule has 0 aromatic carbocycles. The highest BCUT2D eigenvalue weighted by molar-refractivity contribution is 7.99. The van der Waals surface area contributed by atoms with Gasteiger partial charge in [-0.3, -0.25) is 9.36 Å². The Morgan fingerprint density at radius 1 is 1.38 bits per heavy atom. The topological polar surface area (TPSA) is 95.3 Å². The fourth-order valence-corrected chi connectivity index (χ4v) is 5.77. The number of amides is 1. The van der Waals surface area contributed by atoms with Crippen molar-refractivity contribution in [2.24, 2.45) is 0 Å². The van der Waals surface area contributed by atoms with Crippen LogP contribution in [0.25, 0.3) is 11.4 Å². The maximum atomic E-state index is 12.6. The molecule has 0 radical (unpaired) electrons. The molecule has 0 bridgehead atoms. The van der Waals surface area contributed by atoms with Crippen LogP contribution in [0.15, 0.2) is 28.0 Å². The first-order valence-corrected chi connectivity index (χ1v) is 13.0. The van der Waals surface area contributed by atoms with Gasteiger partial charge in [0.15, 0.2) is 11.0 Å². The van der Waals surface area contributed by atoms with Gasteiger partial charge in [0.25, 0.3) is 0 Å². The largest absolute Gasteiger partial charge is 0.465 e. The number of thiophene rings is 2. The summed E-state index contributed by atoms with van der Waals surface area (Å²) in [5.74, 6) is 0.244. The van der Waals surface area contributed by atoms with Gasteiger partial charge in [0.1, 0.15) is 5.00 Å². The zero-order chi connectivity index (χ0) is 22.5. The Balaban J connectivity index is 1.48. The number of nitrogens with zero attached hydrogens (tertiary/aromatic N) is 3. The second-order valence-electron chi connectivity index (χ2n) is 7.20. The minimum atomic E-state index is -0.475.